The van der Waals surface area contributed by atoms with E-state index in [1.807, 2.05) is 0 Å². The van der Waals surface area contributed by atoms with Gasteiger partial charge in [0.25, 0.3) is 11.9 Å². The molecule has 0 spiro atoms. The van der Waals surface area contributed by atoms with Gasteiger partial charge in [0.2, 0.25) is 0 Å². The predicted molar refractivity (Wildman–Crippen MR) is 93.3 cm³/mol. The zero-order valence-electron chi connectivity index (χ0n) is 14.7. The summed E-state index contributed by atoms with van der Waals surface area (Å²) in [5.41, 5.74) is 6.64. The number of nitrogens with two attached hydrogens (primary N) is 1. The molecular formula is C15H18N8O5. The Balaban J connectivity index is 1.77. The molecule has 13 heteroatoms. The molecule has 6 N–H and O–H groups in total. The SMILES string of the molecule is CNC(=O)c1ccn(-c2nc(N)c3ncn([C@@H]4O[C@H](CO)C(O)C4O)c3n2)n1. The summed E-state index contributed by atoms with van der Waals surface area (Å²) in [4.78, 5) is 24.3. The Kier molecular flexibility index (Phi) is 4.43. The van der Waals surface area contributed by atoms with Gasteiger partial charge in [-0.05, 0) is 6.07 Å². The molecule has 0 aliphatic carbocycles. The van der Waals surface area contributed by atoms with Crippen molar-refractivity contribution in [2.24, 2.45) is 0 Å². The van der Waals surface area contributed by atoms with Crippen LogP contribution in [0.15, 0.2) is 18.6 Å². The molecule has 1 amide bonds. The lowest BCUT2D eigenvalue weighted by Gasteiger charge is -2.16. The largest absolute Gasteiger partial charge is 0.394 e. The van der Waals surface area contributed by atoms with Crippen molar-refractivity contribution in [3.05, 3.63) is 24.3 Å². The fourth-order valence-electron chi connectivity index (χ4n) is 3.01. The third kappa shape index (κ3) is 2.77. The van der Waals surface area contributed by atoms with Gasteiger partial charge in [-0.25, -0.2) is 9.67 Å². The number of aliphatic hydroxyl groups excluding tert-OH is 3. The number of hydrogen-bond donors (Lipinski definition) is 5. The molecule has 4 rings (SSSR count). The van der Waals surface area contributed by atoms with Crippen molar-refractivity contribution in [1.82, 2.24) is 34.6 Å². The highest BCUT2D eigenvalue weighted by molar-refractivity contribution is 5.91. The first kappa shape index (κ1) is 18.2. The van der Waals surface area contributed by atoms with E-state index in [1.54, 1.807) is 0 Å². The maximum Gasteiger partial charge on any atom is 0.271 e. The van der Waals surface area contributed by atoms with E-state index in [0.29, 0.717) is 0 Å². The van der Waals surface area contributed by atoms with Crippen LogP contribution in [-0.4, -0.2) is 82.5 Å². The Hall–Kier alpha value is -3.13. The van der Waals surface area contributed by atoms with Crippen molar-refractivity contribution in [2.45, 2.75) is 24.5 Å². The fraction of sp³-hybridized carbons (Fsp3) is 0.400. The number of fused-ring (bicyclic) bond motifs is 1. The third-order valence-electron chi connectivity index (χ3n) is 4.48. The van der Waals surface area contributed by atoms with Crippen molar-refractivity contribution < 1.29 is 24.9 Å². The first-order chi connectivity index (χ1) is 13.4. The number of amides is 1. The summed E-state index contributed by atoms with van der Waals surface area (Å²) < 4.78 is 8.18. The number of nitrogens with one attached hydrogen (secondary N) is 1. The molecule has 1 fully saturated rings. The molecule has 0 saturated carbocycles. The quantitative estimate of drug-likeness (QED) is 0.320. The molecule has 4 atom stereocenters. The number of nitrogens with zero attached hydrogens (tertiary/aromatic N) is 6. The van der Waals surface area contributed by atoms with E-state index in [0.717, 1.165) is 0 Å². The van der Waals surface area contributed by atoms with E-state index >= 15 is 0 Å². The highest BCUT2D eigenvalue weighted by Gasteiger charge is 2.44. The lowest BCUT2D eigenvalue weighted by atomic mass is 10.1. The Morgan fingerprint density at radius 2 is 2.14 bits per heavy atom. The molecule has 0 bridgehead atoms. The van der Waals surface area contributed by atoms with Gasteiger partial charge in [-0.1, -0.05) is 0 Å². The van der Waals surface area contributed by atoms with Gasteiger partial charge >= 0.3 is 0 Å². The summed E-state index contributed by atoms with van der Waals surface area (Å²) in [6.45, 7) is -0.459. The van der Waals surface area contributed by atoms with Gasteiger partial charge in [-0.15, -0.1) is 0 Å². The molecule has 1 aliphatic heterocycles. The van der Waals surface area contributed by atoms with Gasteiger partial charge in [-0.2, -0.15) is 15.1 Å². The normalized spacial score (nSPS) is 24.7. The Morgan fingerprint density at radius 1 is 1.36 bits per heavy atom. The van der Waals surface area contributed by atoms with Gasteiger partial charge in [0, 0.05) is 13.2 Å². The number of nitrogen functional groups attached to an aromatic ring is 1. The summed E-state index contributed by atoms with van der Waals surface area (Å²) in [5, 5.41) is 36.1. The molecule has 3 aromatic heterocycles. The molecular weight excluding hydrogens is 372 g/mol. The minimum atomic E-state index is -1.31. The van der Waals surface area contributed by atoms with Crippen LogP contribution in [0, 0.1) is 0 Å². The van der Waals surface area contributed by atoms with Crippen LogP contribution in [0.5, 0.6) is 0 Å². The maximum atomic E-state index is 11.7. The van der Waals surface area contributed by atoms with Gasteiger partial charge in [0.05, 0.1) is 12.9 Å². The molecule has 0 aromatic carbocycles. The standard InChI is InChI=1S/C15H18N8O5/c1-17-13(27)6-2-3-23(21-6)15-19-11(16)8-12(20-15)22(5-18-8)14-10(26)9(25)7(4-24)28-14/h2-3,5,7,9-10,14,24-26H,4H2,1H3,(H,17,27)(H2,16,19,20)/t7-,9?,10?,14-/m1/s1. The summed E-state index contributed by atoms with van der Waals surface area (Å²) in [6.07, 6.45) is -1.71. The molecule has 1 saturated heterocycles. The minimum absolute atomic E-state index is 0.0579. The molecule has 28 heavy (non-hydrogen) atoms. The number of rotatable bonds is 4. The second kappa shape index (κ2) is 6.79. The highest BCUT2D eigenvalue weighted by atomic mass is 16.6. The Bertz CT molecular complexity index is 1030. The van der Waals surface area contributed by atoms with Crippen LogP contribution in [0.2, 0.25) is 0 Å². The van der Waals surface area contributed by atoms with Crippen LogP contribution in [0.25, 0.3) is 17.1 Å². The Labute approximate surface area is 157 Å². The average Bonchev–Trinajstić information content (AvgIpc) is 3.40. The molecule has 4 heterocycles. The molecule has 1 aliphatic rings. The summed E-state index contributed by atoms with van der Waals surface area (Å²) in [5.74, 6) is -0.236. The van der Waals surface area contributed by atoms with Crippen LogP contribution < -0.4 is 11.1 Å². The van der Waals surface area contributed by atoms with Crippen molar-refractivity contribution in [3.8, 4) is 5.95 Å². The summed E-state index contributed by atoms with van der Waals surface area (Å²) >= 11 is 0. The fourth-order valence-corrected chi connectivity index (χ4v) is 3.01. The number of carbonyl (C=O) groups excluding carboxylic acids is 1. The van der Waals surface area contributed by atoms with E-state index in [4.69, 9.17) is 10.5 Å². The van der Waals surface area contributed by atoms with Crippen molar-refractivity contribution in [3.63, 3.8) is 0 Å². The van der Waals surface area contributed by atoms with Crippen molar-refractivity contribution in [2.75, 3.05) is 19.4 Å². The zero-order valence-corrected chi connectivity index (χ0v) is 14.7. The number of anilines is 1. The molecule has 3 aromatic rings. The number of carbonyl (C=O) groups is 1. The lowest BCUT2D eigenvalue weighted by molar-refractivity contribution is -0.0511. The molecule has 2 unspecified atom stereocenters. The van der Waals surface area contributed by atoms with Crippen LogP contribution in [-0.2, 0) is 4.74 Å². The Morgan fingerprint density at radius 3 is 2.82 bits per heavy atom. The van der Waals surface area contributed by atoms with Gasteiger partial charge in [-0.3, -0.25) is 9.36 Å². The van der Waals surface area contributed by atoms with Crippen LogP contribution in [0.4, 0.5) is 5.82 Å². The maximum absolute atomic E-state index is 11.7. The van der Waals surface area contributed by atoms with E-state index in [1.165, 1.54) is 34.9 Å². The first-order valence-corrected chi connectivity index (χ1v) is 8.35. The van der Waals surface area contributed by atoms with E-state index in [-0.39, 0.29) is 34.5 Å². The lowest BCUT2D eigenvalue weighted by Crippen LogP contribution is -2.33. The zero-order chi connectivity index (χ0) is 20.0. The molecule has 13 nitrogen and oxygen atoms in total. The molecule has 0 radical (unpaired) electrons. The van der Waals surface area contributed by atoms with Crippen molar-refractivity contribution in [1.29, 1.82) is 0 Å². The van der Waals surface area contributed by atoms with Crippen LogP contribution >= 0.6 is 0 Å². The van der Waals surface area contributed by atoms with Gasteiger partial charge in [0.15, 0.2) is 23.4 Å². The highest BCUT2D eigenvalue weighted by Crippen LogP contribution is 2.32. The van der Waals surface area contributed by atoms with E-state index in [2.05, 4.69) is 25.4 Å². The van der Waals surface area contributed by atoms with E-state index < -0.39 is 31.1 Å². The minimum Gasteiger partial charge on any atom is -0.394 e. The number of hydrogen-bond acceptors (Lipinski definition) is 10. The van der Waals surface area contributed by atoms with Crippen LogP contribution in [0.3, 0.4) is 0 Å². The monoisotopic (exact) mass is 390 g/mol. The number of ether oxygens (including phenoxy) is 1. The second-order valence-electron chi connectivity index (χ2n) is 6.19. The summed E-state index contributed by atoms with van der Waals surface area (Å²) in [6, 6.07) is 1.49. The number of imidazole rings is 1. The third-order valence-corrected chi connectivity index (χ3v) is 4.48. The van der Waals surface area contributed by atoms with E-state index in [9.17, 15) is 20.1 Å². The van der Waals surface area contributed by atoms with Crippen LogP contribution in [0.1, 0.15) is 16.7 Å². The molecule has 148 valence electrons. The van der Waals surface area contributed by atoms with Gasteiger partial charge in [0.1, 0.15) is 23.8 Å². The topological polar surface area (TPSA) is 186 Å². The summed E-state index contributed by atoms with van der Waals surface area (Å²) in [7, 11) is 1.49. The van der Waals surface area contributed by atoms with Crippen molar-refractivity contribution >= 4 is 22.9 Å². The predicted octanol–water partition coefficient (Wildman–Crippen LogP) is -2.43. The smallest absolute Gasteiger partial charge is 0.271 e. The first-order valence-electron chi connectivity index (χ1n) is 8.35. The second-order valence-corrected chi connectivity index (χ2v) is 6.19. The number of aromatic nitrogens is 6. The number of aliphatic hydroxyl groups is 3. The average molecular weight is 390 g/mol. The van der Waals surface area contributed by atoms with Gasteiger partial charge < -0.3 is 31.1 Å².